The van der Waals surface area contributed by atoms with Crippen molar-refractivity contribution in [3.63, 3.8) is 0 Å². The van der Waals surface area contributed by atoms with Crippen molar-refractivity contribution in [2.24, 2.45) is 5.73 Å². The number of hydrogen-bond acceptors (Lipinski definition) is 3. The number of carbonyl (C=O) groups excluding carboxylic acids is 1. The van der Waals surface area contributed by atoms with Gasteiger partial charge in [-0.1, -0.05) is 28.8 Å². The molecule has 0 radical (unpaired) electrons. The van der Waals surface area contributed by atoms with Crippen LogP contribution in [0.1, 0.15) is 39.0 Å². The van der Waals surface area contributed by atoms with Gasteiger partial charge in [-0.15, -0.1) is 0 Å². The zero-order valence-electron chi connectivity index (χ0n) is 12.0. The SMILES string of the molecule is CCOc1ccc(Br)cc1NC(=O)CCCCCCN. The molecule has 0 saturated carbocycles. The summed E-state index contributed by atoms with van der Waals surface area (Å²) in [6.07, 6.45) is 4.58. The smallest absolute Gasteiger partial charge is 0.224 e. The van der Waals surface area contributed by atoms with E-state index in [1.54, 1.807) is 0 Å². The summed E-state index contributed by atoms with van der Waals surface area (Å²) in [6.45, 7) is 3.22. The number of halogens is 1. The quantitative estimate of drug-likeness (QED) is 0.672. The fraction of sp³-hybridized carbons (Fsp3) is 0.533. The van der Waals surface area contributed by atoms with Crippen molar-refractivity contribution in [2.45, 2.75) is 39.0 Å². The number of unbranched alkanes of at least 4 members (excludes halogenated alkanes) is 3. The molecule has 5 heteroatoms. The number of ether oxygens (including phenoxy) is 1. The average Bonchev–Trinajstić information content (AvgIpc) is 2.42. The summed E-state index contributed by atoms with van der Waals surface area (Å²) >= 11 is 3.40. The first-order chi connectivity index (χ1) is 9.67. The van der Waals surface area contributed by atoms with Crippen molar-refractivity contribution in [1.29, 1.82) is 0 Å². The maximum absolute atomic E-state index is 11.9. The summed E-state index contributed by atoms with van der Waals surface area (Å²) in [5, 5.41) is 2.91. The van der Waals surface area contributed by atoms with E-state index < -0.39 is 0 Å². The number of nitrogens with two attached hydrogens (primary N) is 1. The lowest BCUT2D eigenvalue weighted by molar-refractivity contribution is -0.116. The molecule has 4 nitrogen and oxygen atoms in total. The van der Waals surface area contributed by atoms with Crippen molar-refractivity contribution in [3.8, 4) is 5.75 Å². The zero-order chi connectivity index (χ0) is 14.8. The second kappa shape index (κ2) is 9.77. The first kappa shape index (κ1) is 17.0. The molecule has 0 heterocycles. The van der Waals surface area contributed by atoms with E-state index in [9.17, 15) is 4.79 Å². The minimum absolute atomic E-state index is 0.0248. The predicted octanol–water partition coefficient (Wildman–Crippen LogP) is 3.70. The van der Waals surface area contributed by atoms with Gasteiger partial charge < -0.3 is 15.8 Å². The second-order valence-corrected chi connectivity index (χ2v) is 5.49. The van der Waals surface area contributed by atoms with Gasteiger partial charge in [0.15, 0.2) is 0 Å². The van der Waals surface area contributed by atoms with Crippen LogP contribution in [-0.2, 0) is 4.79 Å². The predicted molar refractivity (Wildman–Crippen MR) is 86.1 cm³/mol. The molecule has 1 rings (SSSR count). The Labute approximate surface area is 129 Å². The van der Waals surface area contributed by atoms with Crippen molar-refractivity contribution < 1.29 is 9.53 Å². The van der Waals surface area contributed by atoms with Crippen molar-refractivity contribution in [3.05, 3.63) is 22.7 Å². The lowest BCUT2D eigenvalue weighted by Crippen LogP contribution is -2.12. The number of anilines is 1. The fourth-order valence-electron chi connectivity index (χ4n) is 1.88. The van der Waals surface area contributed by atoms with E-state index in [0.29, 0.717) is 24.5 Å². The van der Waals surface area contributed by atoms with Crippen LogP contribution < -0.4 is 15.8 Å². The number of rotatable bonds is 9. The minimum Gasteiger partial charge on any atom is -0.492 e. The minimum atomic E-state index is 0.0248. The molecule has 0 unspecified atom stereocenters. The molecule has 112 valence electrons. The number of carbonyl (C=O) groups is 1. The molecule has 20 heavy (non-hydrogen) atoms. The highest BCUT2D eigenvalue weighted by molar-refractivity contribution is 9.10. The van der Waals surface area contributed by atoms with Gasteiger partial charge in [0, 0.05) is 10.9 Å². The van der Waals surface area contributed by atoms with E-state index in [2.05, 4.69) is 21.2 Å². The Balaban J connectivity index is 2.46. The third kappa shape index (κ3) is 6.39. The number of amides is 1. The Kier molecular flexibility index (Phi) is 8.30. The monoisotopic (exact) mass is 342 g/mol. The van der Waals surface area contributed by atoms with Crippen LogP contribution in [0.2, 0.25) is 0 Å². The lowest BCUT2D eigenvalue weighted by Gasteiger charge is -2.12. The molecule has 1 amide bonds. The van der Waals surface area contributed by atoms with Gasteiger partial charge in [0.25, 0.3) is 0 Å². The van der Waals surface area contributed by atoms with Crippen LogP contribution in [0.3, 0.4) is 0 Å². The molecule has 0 spiro atoms. The van der Waals surface area contributed by atoms with E-state index >= 15 is 0 Å². The summed E-state index contributed by atoms with van der Waals surface area (Å²) in [7, 11) is 0. The first-order valence-corrected chi connectivity index (χ1v) is 7.89. The largest absolute Gasteiger partial charge is 0.492 e. The topological polar surface area (TPSA) is 64.3 Å². The van der Waals surface area contributed by atoms with Crippen molar-refractivity contribution in [1.82, 2.24) is 0 Å². The van der Waals surface area contributed by atoms with Gasteiger partial charge in [0.1, 0.15) is 5.75 Å². The molecule has 0 aliphatic rings. The van der Waals surface area contributed by atoms with Gasteiger partial charge in [-0.3, -0.25) is 4.79 Å². The molecule has 1 aromatic carbocycles. The standard InChI is InChI=1S/C15H23BrN2O2/c1-2-20-14-9-8-12(16)11-13(14)18-15(19)7-5-3-4-6-10-17/h8-9,11H,2-7,10,17H2,1H3,(H,18,19). The summed E-state index contributed by atoms with van der Waals surface area (Å²) in [4.78, 5) is 11.9. The maximum Gasteiger partial charge on any atom is 0.224 e. The Hall–Kier alpha value is -1.07. The van der Waals surface area contributed by atoms with Crippen LogP contribution in [0.4, 0.5) is 5.69 Å². The van der Waals surface area contributed by atoms with Gasteiger partial charge in [0.05, 0.1) is 12.3 Å². The molecule has 0 bridgehead atoms. The van der Waals surface area contributed by atoms with Gasteiger partial charge >= 0.3 is 0 Å². The highest BCUT2D eigenvalue weighted by Gasteiger charge is 2.08. The summed E-state index contributed by atoms with van der Waals surface area (Å²) in [5.41, 5.74) is 6.15. The van der Waals surface area contributed by atoms with Crippen LogP contribution in [0.25, 0.3) is 0 Å². The van der Waals surface area contributed by atoms with Crippen LogP contribution in [0.5, 0.6) is 5.75 Å². The molecule has 0 aliphatic carbocycles. The molecular formula is C15H23BrN2O2. The van der Waals surface area contributed by atoms with E-state index in [0.717, 1.165) is 36.7 Å². The third-order valence-electron chi connectivity index (χ3n) is 2.87. The number of benzene rings is 1. The molecular weight excluding hydrogens is 320 g/mol. The fourth-order valence-corrected chi connectivity index (χ4v) is 2.24. The molecule has 1 aromatic rings. The van der Waals surface area contributed by atoms with Gasteiger partial charge in [0.2, 0.25) is 5.91 Å². The van der Waals surface area contributed by atoms with E-state index in [4.69, 9.17) is 10.5 Å². The molecule has 0 aromatic heterocycles. The van der Waals surface area contributed by atoms with Gasteiger partial charge in [-0.25, -0.2) is 0 Å². The van der Waals surface area contributed by atoms with Crippen LogP contribution in [0, 0.1) is 0 Å². The summed E-state index contributed by atoms with van der Waals surface area (Å²) < 4.78 is 6.42. The molecule has 3 N–H and O–H groups in total. The summed E-state index contributed by atoms with van der Waals surface area (Å²) in [6, 6.07) is 5.61. The van der Waals surface area contributed by atoms with E-state index in [1.165, 1.54) is 0 Å². The Morgan fingerprint density at radius 3 is 2.75 bits per heavy atom. The Morgan fingerprint density at radius 1 is 1.30 bits per heavy atom. The third-order valence-corrected chi connectivity index (χ3v) is 3.37. The highest BCUT2D eigenvalue weighted by atomic mass is 79.9. The molecule has 0 saturated heterocycles. The number of hydrogen-bond donors (Lipinski definition) is 2. The highest BCUT2D eigenvalue weighted by Crippen LogP contribution is 2.28. The lowest BCUT2D eigenvalue weighted by atomic mass is 10.1. The normalized spacial score (nSPS) is 10.3. The van der Waals surface area contributed by atoms with Crippen LogP contribution in [0.15, 0.2) is 22.7 Å². The van der Waals surface area contributed by atoms with E-state index in [-0.39, 0.29) is 5.91 Å². The Bertz CT molecular complexity index is 424. The average molecular weight is 343 g/mol. The molecule has 0 fully saturated rings. The van der Waals surface area contributed by atoms with Gasteiger partial charge in [-0.2, -0.15) is 0 Å². The Morgan fingerprint density at radius 2 is 2.05 bits per heavy atom. The van der Waals surface area contributed by atoms with Gasteiger partial charge in [-0.05, 0) is 44.5 Å². The van der Waals surface area contributed by atoms with Crippen LogP contribution in [-0.4, -0.2) is 19.1 Å². The van der Waals surface area contributed by atoms with Crippen LogP contribution >= 0.6 is 15.9 Å². The first-order valence-electron chi connectivity index (χ1n) is 7.09. The van der Waals surface area contributed by atoms with Crippen molar-refractivity contribution >= 4 is 27.5 Å². The summed E-state index contributed by atoms with van der Waals surface area (Å²) in [5.74, 6) is 0.726. The number of nitrogens with one attached hydrogen (secondary N) is 1. The zero-order valence-corrected chi connectivity index (χ0v) is 13.5. The molecule has 0 atom stereocenters. The van der Waals surface area contributed by atoms with Crippen molar-refractivity contribution in [2.75, 3.05) is 18.5 Å². The maximum atomic E-state index is 11.9. The molecule has 0 aliphatic heterocycles. The van der Waals surface area contributed by atoms with E-state index in [1.807, 2.05) is 25.1 Å². The second-order valence-electron chi connectivity index (χ2n) is 4.57.